The summed E-state index contributed by atoms with van der Waals surface area (Å²) in [5, 5.41) is 2.83. The van der Waals surface area contributed by atoms with Crippen LogP contribution in [0.2, 0.25) is 0 Å². The number of amides is 3. The van der Waals surface area contributed by atoms with Crippen LogP contribution in [0.5, 0.6) is 0 Å². The van der Waals surface area contributed by atoms with Crippen LogP contribution >= 0.6 is 0 Å². The van der Waals surface area contributed by atoms with E-state index in [1.54, 1.807) is 9.80 Å². The van der Waals surface area contributed by atoms with E-state index in [-0.39, 0.29) is 18.0 Å². The zero-order valence-electron chi connectivity index (χ0n) is 8.06. The number of urea groups is 1. The number of nitrogens with zero attached hydrogens (tertiary/aromatic N) is 2. The first-order valence-corrected chi connectivity index (χ1v) is 4.99. The van der Waals surface area contributed by atoms with E-state index in [1.807, 2.05) is 7.05 Å². The van der Waals surface area contributed by atoms with Crippen LogP contribution in [0.25, 0.3) is 0 Å². The number of hydrogen-bond acceptors (Lipinski definition) is 2. The zero-order chi connectivity index (χ0) is 9.87. The Morgan fingerprint density at radius 3 is 3.00 bits per heavy atom. The molecule has 0 radical (unpaired) electrons. The molecule has 3 fully saturated rings. The van der Waals surface area contributed by atoms with Crippen molar-refractivity contribution in [2.75, 3.05) is 20.1 Å². The molecule has 3 rings (SSSR count). The molecule has 0 aromatic heterocycles. The van der Waals surface area contributed by atoms with Crippen LogP contribution in [-0.2, 0) is 4.79 Å². The Balaban J connectivity index is 1.97. The fourth-order valence-corrected chi connectivity index (χ4v) is 2.87. The zero-order valence-corrected chi connectivity index (χ0v) is 8.06. The quantitative estimate of drug-likeness (QED) is 0.552. The minimum absolute atomic E-state index is 0.0135. The second kappa shape index (κ2) is 2.40. The van der Waals surface area contributed by atoms with Gasteiger partial charge in [0.2, 0.25) is 5.91 Å². The SMILES string of the molecule is CN1C(=O)N2C[C@H]1C[C@H]1CNC(=O)[C@H]12. The summed E-state index contributed by atoms with van der Waals surface area (Å²) >= 11 is 0. The van der Waals surface area contributed by atoms with Crippen LogP contribution in [0, 0.1) is 5.92 Å². The highest BCUT2D eigenvalue weighted by atomic mass is 16.2. The van der Waals surface area contributed by atoms with Crippen LogP contribution in [0.3, 0.4) is 0 Å². The summed E-state index contributed by atoms with van der Waals surface area (Å²) in [5.41, 5.74) is 0. The molecule has 1 N–H and O–H groups in total. The maximum atomic E-state index is 11.7. The van der Waals surface area contributed by atoms with E-state index in [4.69, 9.17) is 0 Å². The summed E-state index contributed by atoms with van der Waals surface area (Å²) in [6.07, 6.45) is 0.960. The molecule has 2 bridgehead atoms. The smallest absolute Gasteiger partial charge is 0.320 e. The molecule has 3 heterocycles. The Morgan fingerprint density at radius 2 is 2.21 bits per heavy atom. The number of likely N-dealkylation sites (N-methyl/N-ethyl adjacent to an activating group) is 1. The summed E-state index contributed by atoms with van der Waals surface area (Å²) in [5.74, 6) is 0.354. The third-order valence-corrected chi connectivity index (χ3v) is 3.67. The van der Waals surface area contributed by atoms with Gasteiger partial charge in [0, 0.05) is 26.1 Å². The van der Waals surface area contributed by atoms with Crippen molar-refractivity contribution < 1.29 is 9.59 Å². The van der Waals surface area contributed by atoms with Gasteiger partial charge in [0.15, 0.2) is 0 Å². The molecule has 3 aliphatic rings. The number of carbonyl (C=O) groups is 2. The van der Waals surface area contributed by atoms with Crippen LogP contribution in [-0.4, -0.2) is 54.0 Å². The molecule has 0 saturated carbocycles. The highest BCUT2D eigenvalue weighted by Crippen LogP contribution is 2.34. The minimum atomic E-state index is -0.191. The average molecular weight is 195 g/mol. The highest BCUT2D eigenvalue weighted by Gasteiger charge is 2.52. The maximum absolute atomic E-state index is 11.7. The monoisotopic (exact) mass is 195 g/mol. The number of carbonyl (C=O) groups excluding carboxylic acids is 2. The number of nitrogens with one attached hydrogen (secondary N) is 1. The Hall–Kier alpha value is -1.26. The van der Waals surface area contributed by atoms with Crippen molar-refractivity contribution in [2.45, 2.75) is 18.5 Å². The molecule has 0 aromatic carbocycles. The van der Waals surface area contributed by atoms with Gasteiger partial charge in [-0.05, 0) is 6.42 Å². The maximum Gasteiger partial charge on any atom is 0.320 e. The molecule has 3 saturated heterocycles. The number of piperidine rings is 1. The first-order chi connectivity index (χ1) is 6.68. The van der Waals surface area contributed by atoms with Crippen molar-refractivity contribution in [2.24, 2.45) is 5.92 Å². The highest BCUT2D eigenvalue weighted by molar-refractivity contribution is 5.90. The second-order valence-electron chi connectivity index (χ2n) is 4.39. The summed E-state index contributed by atoms with van der Waals surface area (Å²) in [4.78, 5) is 26.8. The Bertz CT molecular complexity index is 317. The second-order valence-corrected chi connectivity index (χ2v) is 4.39. The number of rotatable bonds is 0. The summed E-state index contributed by atoms with van der Waals surface area (Å²) in [7, 11) is 1.83. The van der Waals surface area contributed by atoms with E-state index >= 15 is 0 Å². The molecule has 0 unspecified atom stereocenters. The van der Waals surface area contributed by atoms with Crippen molar-refractivity contribution in [3.8, 4) is 0 Å². The lowest BCUT2D eigenvalue weighted by Crippen LogP contribution is -2.47. The lowest BCUT2D eigenvalue weighted by atomic mass is 9.90. The molecule has 14 heavy (non-hydrogen) atoms. The normalized spacial score (nSPS) is 40.2. The van der Waals surface area contributed by atoms with Gasteiger partial charge in [-0.2, -0.15) is 0 Å². The van der Waals surface area contributed by atoms with E-state index in [2.05, 4.69) is 5.32 Å². The molecule has 5 nitrogen and oxygen atoms in total. The third kappa shape index (κ3) is 0.798. The molecule has 5 heteroatoms. The predicted octanol–water partition coefficient (Wildman–Crippen LogP) is -0.759. The van der Waals surface area contributed by atoms with Crippen molar-refractivity contribution >= 4 is 11.9 Å². The Morgan fingerprint density at radius 1 is 1.43 bits per heavy atom. The van der Waals surface area contributed by atoms with Gasteiger partial charge in [-0.25, -0.2) is 4.79 Å². The Kier molecular flexibility index (Phi) is 1.39. The lowest BCUT2D eigenvalue weighted by molar-refractivity contribution is -0.123. The minimum Gasteiger partial charge on any atom is -0.354 e. The molecular weight excluding hydrogens is 182 g/mol. The van der Waals surface area contributed by atoms with Crippen molar-refractivity contribution in [1.29, 1.82) is 0 Å². The van der Waals surface area contributed by atoms with Gasteiger partial charge in [-0.1, -0.05) is 0 Å². The van der Waals surface area contributed by atoms with Gasteiger partial charge >= 0.3 is 6.03 Å². The average Bonchev–Trinajstić information content (AvgIpc) is 2.65. The summed E-state index contributed by atoms with van der Waals surface area (Å²) in [6.45, 7) is 1.46. The van der Waals surface area contributed by atoms with Crippen molar-refractivity contribution in [3.63, 3.8) is 0 Å². The third-order valence-electron chi connectivity index (χ3n) is 3.67. The summed E-state index contributed by atoms with van der Waals surface area (Å²) in [6, 6.07) is 0.139. The van der Waals surface area contributed by atoms with Gasteiger partial charge in [0.1, 0.15) is 6.04 Å². The number of fused-ring (bicyclic) bond motifs is 4. The van der Waals surface area contributed by atoms with Gasteiger partial charge in [-0.3, -0.25) is 4.79 Å². The van der Waals surface area contributed by atoms with Crippen LogP contribution in [0.4, 0.5) is 4.79 Å². The van der Waals surface area contributed by atoms with Crippen LogP contribution in [0.15, 0.2) is 0 Å². The standard InChI is InChI=1S/C9H13N3O2/c1-11-6-2-5-3-10-8(13)7(5)12(4-6)9(11)14/h5-7H,2-4H2,1H3,(H,10,13)/t5-,6+,7-/m0/s1. The molecule has 76 valence electrons. The van der Waals surface area contributed by atoms with Crippen molar-refractivity contribution in [1.82, 2.24) is 15.1 Å². The van der Waals surface area contributed by atoms with E-state index < -0.39 is 0 Å². The largest absolute Gasteiger partial charge is 0.354 e. The summed E-state index contributed by atoms with van der Waals surface area (Å²) < 4.78 is 0. The lowest BCUT2D eigenvalue weighted by Gasteiger charge is -2.30. The van der Waals surface area contributed by atoms with E-state index in [0.717, 1.165) is 19.5 Å². The molecule has 0 aromatic rings. The fraction of sp³-hybridized carbons (Fsp3) is 0.778. The predicted molar refractivity (Wildman–Crippen MR) is 48.6 cm³/mol. The first kappa shape index (κ1) is 8.08. The van der Waals surface area contributed by atoms with Crippen LogP contribution in [0.1, 0.15) is 6.42 Å². The Labute approximate surface area is 82.0 Å². The van der Waals surface area contributed by atoms with E-state index in [0.29, 0.717) is 12.0 Å². The molecular formula is C9H13N3O2. The molecule has 3 aliphatic heterocycles. The fourth-order valence-electron chi connectivity index (χ4n) is 2.87. The molecule has 0 spiro atoms. The van der Waals surface area contributed by atoms with Crippen molar-refractivity contribution in [3.05, 3.63) is 0 Å². The molecule has 3 atom stereocenters. The van der Waals surface area contributed by atoms with E-state index in [1.165, 1.54) is 0 Å². The number of hydrogen-bond donors (Lipinski definition) is 1. The van der Waals surface area contributed by atoms with Gasteiger partial charge < -0.3 is 15.1 Å². The first-order valence-electron chi connectivity index (χ1n) is 4.99. The van der Waals surface area contributed by atoms with Crippen LogP contribution < -0.4 is 5.32 Å². The molecule has 0 aliphatic carbocycles. The van der Waals surface area contributed by atoms with Gasteiger partial charge in [0.05, 0.1) is 6.04 Å². The van der Waals surface area contributed by atoms with Gasteiger partial charge in [-0.15, -0.1) is 0 Å². The topological polar surface area (TPSA) is 52.7 Å². The molecule has 3 amide bonds. The van der Waals surface area contributed by atoms with E-state index in [9.17, 15) is 9.59 Å². The van der Waals surface area contributed by atoms with Gasteiger partial charge in [0.25, 0.3) is 0 Å².